The molecule has 0 saturated carbocycles. The molecule has 0 saturated heterocycles. The number of rotatable bonds is 9. The fraction of sp³-hybridized carbons (Fsp3) is 0.538. The van der Waals surface area contributed by atoms with Gasteiger partial charge in [-0.05, 0) is 18.6 Å². The molecule has 0 N–H and O–H groups in total. The van der Waals surface area contributed by atoms with Gasteiger partial charge in [0.15, 0.2) is 0 Å². The first-order chi connectivity index (χ1) is 8.72. The van der Waals surface area contributed by atoms with Gasteiger partial charge in [0.1, 0.15) is 5.75 Å². The lowest BCUT2D eigenvalue weighted by molar-refractivity contribution is 0.0882. The summed E-state index contributed by atoms with van der Waals surface area (Å²) in [5.41, 5.74) is 0. The average molecular weight is 278 g/mol. The summed E-state index contributed by atoms with van der Waals surface area (Å²) in [6, 6.07) is 9.45. The van der Waals surface area contributed by atoms with Crippen molar-refractivity contribution in [1.29, 1.82) is 0 Å². The first-order valence-corrected chi connectivity index (χ1v) is 6.50. The molecule has 0 aromatic heterocycles. The van der Waals surface area contributed by atoms with E-state index < -0.39 is 6.43 Å². The number of nitrogens with zero attached hydrogens (tertiary/aromatic N) is 1. The van der Waals surface area contributed by atoms with Crippen molar-refractivity contribution in [1.82, 2.24) is 4.90 Å². The van der Waals surface area contributed by atoms with Crippen LogP contribution in [-0.2, 0) is 0 Å². The van der Waals surface area contributed by atoms with Gasteiger partial charge in [-0.1, -0.05) is 18.2 Å². The molecule has 1 aromatic rings. The number of hydrogen-bond donors (Lipinski definition) is 0. The van der Waals surface area contributed by atoms with Gasteiger partial charge in [-0.2, -0.15) is 0 Å². The molecular formula is C13H18ClF2NO. The minimum atomic E-state index is -2.32. The zero-order valence-electron chi connectivity index (χ0n) is 10.2. The lowest BCUT2D eigenvalue weighted by atomic mass is 10.3. The van der Waals surface area contributed by atoms with Crippen molar-refractivity contribution in [3.63, 3.8) is 0 Å². The highest BCUT2D eigenvalue weighted by molar-refractivity contribution is 6.18. The van der Waals surface area contributed by atoms with Crippen LogP contribution >= 0.6 is 11.6 Å². The van der Waals surface area contributed by atoms with Crippen LogP contribution in [-0.4, -0.2) is 43.4 Å². The molecule has 0 spiro atoms. The van der Waals surface area contributed by atoms with Gasteiger partial charge in [0.25, 0.3) is 6.43 Å². The summed E-state index contributed by atoms with van der Waals surface area (Å²) in [7, 11) is 0. The number of hydrogen-bond acceptors (Lipinski definition) is 2. The van der Waals surface area contributed by atoms with Crippen LogP contribution in [0.25, 0.3) is 0 Å². The third kappa shape index (κ3) is 6.77. The maximum atomic E-state index is 12.3. The van der Waals surface area contributed by atoms with Gasteiger partial charge in [-0.25, -0.2) is 8.78 Å². The van der Waals surface area contributed by atoms with Crippen LogP contribution in [0.4, 0.5) is 8.78 Å². The van der Waals surface area contributed by atoms with E-state index in [4.69, 9.17) is 16.3 Å². The van der Waals surface area contributed by atoms with Crippen LogP contribution in [0.3, 0.4) is 0 Å². The zero-order chi connectivity index (χ0) is 13.2. The lowest BCUT2D eigenvalue weighted by Gasteiger charge is -2.20. The molecule has 18 heavy (non-hydrogen) atoms. The van der Waals surface area contributed by atoms with Crippen LogP contribution in [0.5, 0.6) is 5.75 Å². The molecule has 0 unspecified atom stereocenters. The monoisotopic (exact) mass is 277 g/mol. The zero-order valence-corrected chi connectivity index (χ0v) is 11.0. The minimum Gasteiger partial charge on any atom is -0.494 e. The third-order valence-corrected chi connectivity index (χ3v) is 2.60. The summed E-state index contributed by atoms with van der Waals surface area (Å²) in [6.45, 7) is 1.35. The number of ether oxygens (including phenoxy) is 1. The van der Waals surface area contributed by atoms with Crippen molar-refractivity contribution >= 4 is 11.6 Å². The predicted octanol–water partition coefficient (Wildman–Crippen LogP) is 3.26. The van der Waals surface area contributed by atoms with Gasteiger partial charge in [0.2, 0.25) is 0 Å². The van der Waals surface area contributed by atoms with Crippen molar-refractivity contribution in [3.8, 4) is 5.75 Å². The van der Waals surface area contributed by atoms with Gasteiger partial charge in [-0.3, -0.25) is 4.90 Å². The molecule has 0 aliphatic heterocycles. The molecule has 0 aliphatic carbocycles. The second-order valence-electron chi connectivity index (χ2n) is 3.90. The highest BCUT2D eigenvalue weighted by Crippen LogP contribution is 2.08. The number of alkyl halides is 3. The molecule has 102 valence electrons. The lowest BCUT2D eigenvalue weighted by Crippen LogP contribution is -2.32. The molecule has 0 radical (unpaired) electrons. The summed E-state index contributed by atoms with van der Waals surface area (Å²) in [6.07, 6.45) is -1.61. The molecule has 0 aliphatic rings. The second kappa shape index (κ2) is 9.11. The Bertz CT molecular complexity index is 311. The Kier molecular flexibility index (Phi) is 7.69. The quantitative estimate of drug-likeness (QED) is 0.507. The molecule has 0 heterocycles. The Hall–Kier alpha value is -0.870. The molecule has 0 amide bonds. The molecule has 0 atom stereocenters. The van der Waals surface area contributed by atoms with E-state index in [0.29, 0.717) is 32.0 Å². The fourth-order valence-corrected chi connectivity index (χ4v) is 1.84. The second-order valence-corrected chi connectivity index (χ2v) is 4.27. The normalized spacial score (nSPS) is 11.2. The Labute approximate surface area is 111 Å². The molecule has 0 fully saturated rings. The predicted molar refractivity (Wildman–Crippen MR) is 69.7 cm³/mol. The summed E-state index contributed by atoms with van der Waals surface area (Å²) in [5.74, 6) is 1.17. The topological polar surface area (TPSA) is 12.5 Å². The van der Waals surface area contributed by atoms with E-state index in [2.05, 4.69) is 0 Å². The van der Waals surface area contributed by atoms with E-state index in [1.807, 2.05) is 30.3 Å². The minimum absolute atomic E-state index is 0.224. The van der Waals surface area contributed by atoms with Gasteiger partial charge < -0.3 is 4.74 Å². The number of benzene rings is 1. The SMILES string of the molecule is FC(F)CN(CCCl)CCCOc1ccccc1. The van der Waals surface area contributed by atoms with E-state index in [0.717, 1.165) is 5.75 Å². The fourth-order valence-electron chi connectivity index (χ4n) is 1.60. The average Bonchev–Trinajstić information content (AvgIpc) is 2.35. The van der Waals surface area contributed by atoms with E-state index in [9.17, 15) is 8.78 Å². The van der Waals surface area contributed by atoms with Crippen LogP contribution in [0.1, 0.15) is 6.42 Å². The highest BCUT2D eigenvalue weighted by Gasteiger charge is 2.10. The Balaban J connectivity index is 2.18. The summed E-state index contributed by atoms with van der Waals surface area (Å²) < 4.78 is 30.0. The maximum absolute atomic E-state index is 12.3. The third-order valence-electron chi connectivity index (χ3n) is 2.43. The Morgan fingerprint density at radius 3 is 2.50 bits per heavy atom. The van der Waals surface area contributed by atoms with E-state index in [-0.39, 0.29) is 6.54 Å². The standard InChI is InChI=1S/C13H18ClF2NO/c14-7-9-17(11-13(15)16)8-4-10-18-12-5-2-1-3-6-12/h1-3,5-6,13H,4,7-11H2. The molecule has 2 nitrogen and oxygen atoms in total. The van der Waals surface area contributed by atoms with Crippen molar-refractivity contribution in [2.75, 3.05) is 32.1 Å². The largest absolute Gasteiger partial charge is 0.494 e. The smallest absolute Gasteiger partial charge is 0.251 e. The van der Waals surface area contributed by atoms with Crippen LogP contribution in [0.2, 0.25) is 0 Å². The van der Waals surface area contributed by atoms with Crippen molar-refractivity contribution in [2.45, 2.75) is 12.8 Å². The Morgan fingerprint density at radius 2 is 1.89 bits per heavy atom. The van der Waals surface area contributed by atoms with Gasteiger partial charge in [0, 0.05) is 19.0 Å². The van der Waals surface area contributed by atoms with Crippen molar-refractivity contribution < 1.29 is 13.5 Å². The first kappa shape index (κ1) is 15.2. The molecule has 5 heteroatoms. The van der Waals surface area contributed by atoms with Gasteiger partial charge in [0.05, 0.1) is 13.2 Å². The first-order valence-electron chi connectivity index (χ1n) is 5.96. The molecule has 0 bridgehead atoms. The highest BCUT2D eigenvalue weighted by atomic mass is 35.5. The van der Waals surface area contributed by atoms with Crippen molar-refractivity contribution in [2.24, 2.45) is 0 Å². The molecule has 1 rings (SSSR count). The summed E-state index contributed by atoms with van der Waals surface area (Å²) >= 11 is 5.57. The van der Waals surface area contributed by atoms with Crippen LogP contribution < -0.4 is 4.74 Å². The van der Waals surface area contributed by atoms with Crippen molar-refractivity contribution in [3.05, 3.63) is 30.3 Å². The maximum Gasteiger partial charge on any atom is 0.251 e. The van der Waals surface area contributed by atoms with Gasteiger partial charge >= 0.3 is 0 Å². The van der Waals surface area contributed by atoms with E-state index in [1.165, 1.54) is 0 Å². The summed E-state index contributed by atoms with van der Waals surface area (Å²) in [4.78, 5) is 1.66. The van der Waals surface area contributed by atoms with Crippen LogP contribution in [0, 0.1) is 0 Å². The number of para-hydroxylation sites is 1. The summed E-state index contributed by atoms with van der Waals surface area (Å²) in [5, 5.41) is 0. The van der Waals surface area contributed by atoms with Crippen LogP contribution in [0.15, 0.2) is 30.3 Å². The number of halogens is 3. The van der Waals surface area contributed by atoms with E-state index in [1.54, 1.807) is 4.90 Å². The molecule has 1 aromatic carbocycles. The Morgan fingerprint density at radius 1 is 1.17 bits per heavy atom. The molecular weight excluding hydrogens is 260 g/mol. The van der Waals surface area contributed by atoms with E-state index >= 15 is 0 Å². The van der Waals surface area contributed by atoms with Gasteiger partial charge in [-0.15, -0.1) is 11.6 Å².